The molecule has 4 amide bonds. The van der Waals surface area contributed by atoms with Gasteiger partial charge in [0, 0.05) is 31.3 Å². The highest BCUT2D eigenvalue weighted by Gasteiger charge is 2.33. The zero-order chi connectivity index (χ0) is 20.8. The molecule has 0 aliphatic carbocycles. The van der Waals surface area contributed by atoms with Crippen molar-refractivity contribution < 1.29 is 28.7 Å². The summed E-state index contributed by atoms with van der Waals surface area (Å²) in [4.78, 5) is 61.0. The molecule has 0 radical (unpaired) electrons. The number of nitrogens with one attached hydrogen (secondary N) is 1. The maximum absolute atomic E-state index is 12.1. The second kappa shape index (κ2) is 9.12. The number of amides is 4. The predicted molar refractivity (Wildman–Crippen MR) is 99.6 cm³/mol. The number of hydrogen-bond acceptors (Lipinski definition) is 6. The lowest BCUT2D eigenvalue weighted by Crippen LogP contribution is -2.33. The van der Waals surface area contributed by atoms with Crippen LogP contribution >= 0.6 is 0 Å². The molecular formula is C19H23N3O6. The molecule has 1 N–H and O–H groups in total. The number of carbonyl (C=O) groups excluding carboxylic acids is 5. The van der Waals surface area contributed by atoms with Gasteiger partial charge in [0.05, 0.1) is 0 Å². The number of anilines is 1. The second-order valence-electron chi connectivity index (χ2n) is 6.54. The quantitative estimate of drug-likeness (QED) is 0.409. The summed E-state index contributed by atoms with van der Waals surface area (Å²) in [5, 5.41) is 2.60. The number of hydrogen-bond donors (Lipinski definition) is 1. The molecule has 0 aromatic heterocycles. The molecule has 0 unspecified atom stereocenters. The minimum Gasteiger partial charge on any atom is -0.453 e. The molecule has 1 aromatic carbocycles. The van der Waals surface area contributed by atoms with Crippen LogP contribution in [0.25, 0.3) is 0 Å². The smallest absolute Gasteiger partial charge is 0.326 e. The fourth-order valence-corrected chi connectivity index (χ4v) is 2.61. The maximum atomic E-state index is 12.1. The van der Waals surface area contributed by atoms with E-state index in [9.17, 15) is 24.0 Å². The Morgan fingerprint density at radius 3 is 2.36 bits per heavy atom. The molecule has 28 heavy (non-hydrogen) atoms. The molecule has 1 aromatic rings. The number of imide groups is 1. The zero-order valence-electron chi connectivity index (χ0n) is 16.1. The van der Waals surface area contributed by atoms with Crippen LogP contribution in [0.4, 0.5) is 10.5 Å². The van der Waals surface area contributed by atoms with Gasteiger partial charge in [-0.25, -0.2) is 4.79 Å². The summed E-state index contributed by atoms with van der Waals surface area (Å²) in [6, 6.07) is 5.97. The molecule has 1 aliphatic heterocycles. The number of ether oxygens (including phenoxy) is 1. The number of Topliss-reactive ketones (excluding diaryl/α,β-unsaturated/α-hetero) is 1. The molecule has 150 valence electrons. The van der Waals surface area contributed by atoms with Gasteiger partial charge in [0.1, 0.15) is 6.54 Å². The zero-order valence-corrected chi connectivity index (χ0v) is 16.1. The SMILES string of the molecule is CC(=O)c1ccc(NC(=O)[C@@H](C)OC(=O)CCCN2C(=O)CN(C)C2=O)cc1. The standard InChI is InChI=1S/C19H23N3O6/c1-12(23)14-6-8-15(9-7-14)20-18(26)13(2)28-17(25)5-4-10-22-16(24)11-21(3)19(22)27/h6-9,13H,4-5,10-11H2,1-3H3,(H,20,26)/t13-/m1/s1. The van der Waals surface area contributed by atoms with Crippen LogP contribution in [0, 0.1) is 0 Å². The van der Waals surface area contributed by atoms with E-state index < -0.39 is 18.0 Å². The van der Waals surface area contributed by atoms with Gasteiger partial charge in [-0.15, -0.1) is 0 Å². The van der Waals surface area contributed by atoms with Crippen molar-refractivity contribution in [2.45, 2.75) is 32.8 Å². The van der Waals surface area contributed by atoms with Crippen molar-refractivity contribution in [2.75, 3.05) is 25.5 Å². The van der Waals surface area contributed by atoms with Gasteiger partial charge in [0.15, 0.2) is 11.9 Å². The van der Waals surface area contributed by atoms with Gasteiger partial charge in [0.2, 0.25) is 5.91 Å². The molecule has 9 nitrogen and oxygen atoms in total. The Morgan fingerprint density at radius 2 is 1.82 bits per heavy atom. The average Bonchev–Trinajstić information content (AvgIpc) is 2.88. The molecule has 9 heteroatoms. The largest absolute Gasteiger partial charge is 0.453 e. The van der Waals surface area contributed by atoms with Crippen molar-refractivity contribution in [1.82, 2.24) is 9.80 Å². The third-order valence-corrected chi connectivity index (χ3v) is 4.23. The Kier molecular flexibility index (Phi) is 6.86. The fourth-order valence-electron chi connectivity index (χ4n) is 2.61. The number of rotatable bonds is 8. The lowest BCUT2D eigenvalue weighted by Gasteiger charge is -2.15. The highest BCUT2D eigenvalue weighted by molar-refractivity contribution is 6.01. The van der Waals surface area contributed by atoms with Crippen molar-refractivity contribution in [3.05, 3.63) is 29.8 Å². The van der Waals surface area contributed by atoms with Crippen molar-refractivity contribution in [1.29, 1.82) is 0 Å². The van der Waals surface area contributed by atoms with Crippen LogP contribution in [0.1, 0.15) is 37.0 Å². The molecular weight excluding hydrogens is 366 g/mol. The highest BCUT2D eigenvalue weighted by Crippen LogP contribution is 2.12. The van der Waals surface area contributed by atoms with Gasteiger partial charge < -0.3 is 15.0 Å². The fraction of sp³-hybridized carbons (Fsp3) is 0.421. The van der Waals surface area contributed by atoms with Crippen LogP contribution in [0.2, 0.25) is 0 Å². The number of likely N-dealkylation sites (N-methyl/N-ethyl adjacent to an activating group) is 1. The Labute approximate surface area is 162 Å². The Balaban J connectivity index is 1.75. The molecule has 1 heterocycles. The van der Waals surface area contributed by atoms with Crippen LogP contribution < -0.4 is 5.32 Å². The van der Waals surface area contributed by atoms with Gasteiger partial charge in [-0.2, -0.15) is 0 Å². The van der Waals surface area contributed by atoms with Gasteiger partial charge >= 0.3 is 12.0 Å². The van der Waals surface area contributed by atoms with Crippen molar-refractivity contribution in [3.63, 3.8) is 0 Å². The van der Waals surface area contributed by atoms with Crippen LogP contribution in [0.3, 0.4) is 0 Å². The van der Waals surface area contributed by atoms with E-state index in [1.807, 2.05) is 0 Å². The second-order valence-corrected chi connectivity index (χ2v) is 6.54. The van der Waals surface area contributed by atoms with Crippen LogP contribution in [-0.4, -0.2) is 65.6 Å². The topological polar surface area (TPSA) is 113 Å². The lowest BCUT2D eigenvalue weighted by molar-refractivity contribution is -0.153. The van der Waals surface area contributed by atoms with Gasteiger partial charge in [0.25, 0.3) is 5.91 Å². The number of ketones is 1. The van der Waals surface area contributed by atoms with E-state index in [1.165, 1.54) is 25.8 Å². The Hall–Kier alpha value is -3.23. The van der Waals surface area contributed by atoms with E-state index in [-0.39, 0.29) is 43.7 Å². The highest BCUT2D eigenvalue weighted by atomic mass is 16.5. The van der Waals surface area contributed by atoms with Crippen molar-refractivity contribution in [2.24, 2.45) is 0 Å². The Morgan fingerprint density at radius 1 is 1.18 bits per heavy atom. The number of nitrogens with zero attached hydrogens (tertiary/aromatic N) is 2. The first kappa shape index (κ1) is 21.1. The van der Waals surface area contributed by atoms with E-state index >= 15 is 0 Å². The molecule has 1 aliphatic rings. The molecule has 0 saturated carbocycles. The summed E-state index contributed by atoms with van der Waals surface area (Å²) in [6.45, 7) is 3.05. The summed E-state index contributed by atoms with van der Waals surface area (Å²) < 4.78 is 5.08. The van der Waals surface area contributed by atoms with Crippen molar-refractivity contribution in [3.8, 4) is 0 Å². The number of carbonyl (C=O) groups is 5. The lowest BCUT2D eigenvalue weighted by atomic mass is 10.1. The summed E-state index contributed by atoms with van der Waals surface area (Å²) in [5.41, 5.74) is 1.01. The molecule has 1 saturated heterocycles. The first-order valence-electron chi connectivity index (χ1n) is 8.86. The molecule has 1 atom stereocenters. The average molecular weight is 389 g/mol. The summed E-state index contributed by atoms with van der Waals surface area (Å²) in [7, 11) is 1.53. The molecule has 0 spiro atoms. The van der Waals surface area contributed by atoms with E-state index in [2.05, 4.69) is 5.32 Å². The third-order valence-electron chi connectivity index (χ3n) is 4.23. The van der Waals surface area contributed by atoms with Gasteiger partial charge in [-0.3, -0.25) is 24.1 Å². The first-order chi connectivity index (χ1) is 13.2. The van der Waals surface area contributed by atoms with Gasteiger partial charge in [-0.1, -0.05) is 0 Å². The third kappa shape index (κ3) is 5.38. The minimum absolute atomic E-state index is 0.0221. The van der Waals surface area contributed by atoms with E-state index in [0.29, 0.717) is 11.3 Å². The van der Waals surface area contributed by atoms with E-state index in [0.717, 1.165) is 4.90 Å². The summed E-state index contributed by atoms with van der Waals surface area (Å²) in [5.74, 6) is -1.48. The predicted octanol–water partition coefficient (Wildman–Crippen LogP) is 1.43. The monoisotopic (exact) mass is 389 g/mol. The molecule has 0 bridgehead atoms. The first-order valence-corrected chi connectivity index (χ1v) is 8.86. The summed E-state index contributed by atoms with van der Waals surface area (Å²) in [6.07, 6.45) is -0.780. The Bertz CT molecular complexity index is 789. The van der Waals surface area contributed by atoms with Crippen LogP contribution in [0.5, 0.6) is 0 Å². The minimum atomic E-state index is -1.01. The molecule has 2 rings (SSSR count). The molecule has 1 fully saturated rings. The van der Waals surface area contributed by atoms with E-state index in [4.69, 9.17) is 4.74 Å². The normalized spacial score (nSPS) is 14.8. The van der Waals surface area contributed by atoms with Crippen LogP contribution in [0.15, 0.2) is 24.3 Å². The van der Waals surface area contributed by atoms with Crippen molar-refractivity contribution >= 4 is 35.3 Å². The van der Waals surface area contributed by atoms with Crippen LogP contribution in [-0.2, 0) is 19.1 Å². The van der Waals surface area contributed by atoms with E-state index in [1.54, 1.807) is 24.3 Å². The van der Waals surface area contributed by atoms with Gasteiger partial charge in [-0.05, 0) is 44.5 Å². The number of urea groups is 1. The number of esters is 1. The number of benzene rings is 1. The summed E-state index contributed by atoms with van der Waals surface area (Å²) >= 11 is 0. The maximum Gasteiger partial charge on any atom is 0.326 e.